The summed E-state index contributed by atoms with van der Waals surface area (Å²) in [5.41, 5.74) is 1.70. The predicted octanol–water partition coefficient (Wildman–Crippen LogP) is 3.31. The standard InChI is InChI=1S/C15H15ClN2O2/c1-20-15-8-6-13(10-17-15)18-14(19)7-5-11-3-2-4-12(16)9-11/h2-4,6,8-10H,5,7H2,1H3,(H,18,19). The van der Waals surface area contributed by atoms with Crippen molar-refractivity contribution in [1.29, 1.82) is 0 Å². The Morgan fingerprint density at radius 3 is 2.85 bits per heavy atom. The topological polar surface area (TPSA) is 51.2 Å². The molecule has 5 heteroatoms. The van der Waals surface area contributed by atoms with E-state index in [1.807, 2.05) is 24.3 Å². The maximum absolute atomic E-state index is 11.8. The van der Waals surface area contributed by atoms with E-state index >= 15 is 0 Å². The summed E-state index contributed by atoms with van der Waals surface area (Å²) in [5, 5.41) is 3.47. The van der Waals surface area contributed by atoms with Crippen LogP contribution in [0.3, 0.4) is 0 Å². The van der Waals surface area contributed by atoms with Gasteiger partial charge in [-0.25, -0.2) is 4.98 Å². The fourth-order valence-corrected chi connectivity index (χ4v) is 1.96. The van der Waals surface area contributed by atoms with Gasteiger partial charge in [-0.15, -0.1) is 0 Å². The fourth-order valence-electron chi connectivity index (χ4n) is 1.75. The van der Waals surface area contributed by atoms with Gasteiger partial charge in [-0.3, -0.25) is 4.79 Å². The van der Waals surface area contributed by atoms with Crippen molar-refractivity contribution >= 4 is 23.2 Å². The minimum atomic E-state index is -0.0584. The molecule has 1 aromatic carbocycles. The highest BCUT2D eigenvalue weighted by Crippen LogP contribution is 2.14. The third-order valence-corrected chi connectivity index (χ3v) is 2.99. The Kier molecular flexibility index (Phi) is 4.96. The van der Waals surface area contributed by atoms with Gasteiger partial charge in [0.2, 0.25) is 11.8 Å². The lowest BCUT2D eigenvalue weighted by molar-refractivity contribution is -0.116. The summed E-state index contributed by atoms with van der Waals surface area (Å²) in [4.78, 5) is 15.8. The molecule has 4 nitrogen and oxygen atoms in total. The van der Waals surface area contributed by atoms with E-state index in [9.17, 15) is 4.79 Å². The summed E-state index contributed by atoms with van der Waals surface area (Å²) < 4.78 is 4.95. The number of aryl methyl sites for hydroxylation is 1. The van der Waals surface area contributed by atoms with Crippen molar-refractivity contribution in [3.05, 3.63) is 53.2 Å². The minimum absolute atomic E-state index is 0.0584. The number of hydrogen-bond donors (Lipinski definition) is 1. The molecular formula is C15H15ClN2O2. The molecule has 0 aliphatic rings. The second-order valence-corrected chi connectivity index (χ2v) is 4.70. The molecule has 0 aliphatic carbocycles. The molecule has 104 valence electrons. The zero-order chi connectivity index (χ0) is 14.4. The smallest absolute Gasteiger partial charge is 0.224 e. The van der Waals surface area contributed by atoms with Crippen LogP contribution >= 0.6 is 11.6 Å². The van der Waals surface area contributed by atoms with Crippen LogP contribution in [0, 0.1) is 0 Å². The summed E-state index contributed by atoms with van der Waals surface area (Å²) in [6, 6.07) is 11.0. The Morgan fingerprint density at radius 2 is 2.20 bits per heavy atom. The molecule has 0 saturated carbocycles. The number of methoxy groups -OCH3 is 1. The number of carbonyl (C=O) groups is 1. The van der Waals surface area contributed by atoms with E-state index in [0.717, 1.165) is 5.56 Å². The second-order valence-electron chi connectivity index (χ2n) is 4.27. The number of benzene rings is 1. The maximum atomic E-state index is 11.8. The van der Waals surface area contributed by atoms with Crippen LogP contribution in [0.5, 0.6) is 5.88 Å². The molecule has 0 aliphatic heterocycles. The average molecular weight is 291 g/mol. The molecule has 2 rings (SSSR count). The van der Waals surface area contributed by atoms with Crippen molar-refractivity contribution in [2.75, 3.05) is 12.4 Å². The first-order valence-corrected chi connectivity index (χ1v) is 6.59. The van der Waals surface area contributed by atoms with Crippen molar-refractivity contribution in [3.8, 4) is 5.88 Å². The number of pyridine rings is 1. The molecule has 1 aromatic heterocycles. The maximum Gasteiger partial charge on any atom is 0.224 e. The lowest BCUT2D eigenvalue weighted by Crippen LogP contribution is -2.12. The van der Waals surface area contributed by atoms with E-state index in [-0.39, 0.29) is 5.91 Å². The molecule has 1 N–H and O–H groups in total. The number of anilines is 1. The SMILES string of the molecule is COc1ccc(NC(=O)CCc2cccc(Cl)c2)cn1. The highest BCUT2D eigenvalue weighted by atomic mass is 35.5. The van der Waals surface area contributed by atoms with Crippen LogP contribution in [-0.2, 0) is 11.2 Å². The van der Waals surface area contributed by atoms with Crippen molar-refractivity contribution < 1.29 is 9.53 Å². The van der Waals surface area contributed by atoms with Gasteiger partial charge in [0.25, 0.3) is 0 Å². The first-order chi connectivity index (χ1) is 9.67. The fraction of sp³-hybridized carbons (Fsp3) is 0.200. The number of halogens is 1. The molecule has 20 heavy (non-hydrogen) atoms. The number of hydrogen-bond acceptors (Lipinski definition) is 3. The monoisotopic (exact) mass is 290 g/mol. The third kappa shape index (κ3) is 4.24. The molecule has 1 heterocycles. The van der Waals surface area contributed by atoms with Gasteiger partial charge in [-0.2, -0.15) is 0 Å². The summed E-state index contributed by atoms with van der Waals surface area (Å²) in [6.45, 7) is 0. The second kappa shape index (κ2) is 6.91. The Balaban J connectivity index is 1.85. The summed E-state index contributed by atoms with van der Waals surface area (Å²) in [5.74, 6) is 0.457. The van der Waals surface area contributed by atoms with Crippen LogP contribution in [0.4, 0.5) is 5.69 Å². The van der Waals surface area contributed by atoms with Crippen LogP contribution in [0.2, 0.25) is 5.02 Å². The molecule has 0 saturated heterocycles. The Morgan fingerprint density at radius 1 is 1.35 bits per heavy atom. The third-order valence-electron chi connectivity index (χ3n) is 2.76. The van der Waals surface area contributed by atoms with Gasteiger partial charge in [0.1, 0.15) is 0 Å². The van der Waals surface area contributed by atoms with E-state index in [1.165, 1.54) is 0 Å². The molecule has 0 unspecified atom stereocenters. The molecule has 0 atom stereocenters. The van der Waals surface area contributed by atoms with Crippen LogP contribution < -0.4 is 10.1 Å². The van der Waals surface area contributed by atoms with Crippen LogP contribution in [0.15, 0.2) is 42.6 Å². The first-order valence-electron chi connectivity index (χ1n) is 6.22. The number of ether oxygens (including phenoxy) is 1. The van der Waals surface area contributed by atoms with Crippen LogP contribution in [0.1, 0.15) is 12.0 Å². The van der Waals surface area contributed by atoms with E-state index in [1.54, 1.807) is 25.4 Å². The number of amides is 1. The number of nitrogens with zero attached hydrogens (tertiary/aromatic N) is 1. The lowest BCUT2D eigenvalue weighted by atomic mass is 10.1. The highest BCUT2D eigenvalue weighted by molar-refractivity contribution is 6.30. The molecule has 1 amide bonds. The Bertz CT molecular complexity index is 585. The summed E-state index contributed by atoms with van der Waals surface area (Å²) in [7, 11) is 1.55. The van der Waals surface area contributed by atoms with Gasteiger partial charge in [0.05, 0.1) is 19.0 Å². The van der Waals surface area contributed by atoms with Gasteiger partial charge in [0.15, 0.2) is 0 Å². The minimum Gasteiger partial charge on any atom is -0.481 e. The van der Waals surface area contributed by atoms with Crippen LogP contribution in [-0.4, -0.2) is 18.0 Å². The highest BCUT2D eigenvalue weighted by Gasteiger charge is 2.04. The number of carbonyl (C=O) groups excluding carboxylic acids is 1. The van der Waals surface area contributed by atoms with Gasteiger partial charge in [-0.05, 0) is 30.2 Å². The Labute approximate surface area is 122 Å². The number of aromatic nitrogens is 1. The van der Waals surface area contributed by atoms with Crippen LogP contribution in [0.25, 0.3) is 0 Å². The van der Waals surface area contributed by atoms with Gasteiger partial charge in [0, 0.05) is 17.5 Å². The zero-order valence-corrected chi connectivity index (χ0v) is 11.9. The van der Waals surface area contributed by atoms with Gasteiger partial charge < -0.3 is 10.1 Å². The average Bonchev–Trinajstić information content (AvgIpc) is 2.46. The normalized spacial score (nSPS) is 10.1. The van der Waals surface area contributed by atoms with Crippen molar-refractivity contribution in [1.82, 2.24) is 4.98 Å². The molecule has 0 spiro atoms. The van der Waals surface area contributed by atoms with E-state index in [0.29, 0.717) is 29.4 Å². The molecule has 2 aromatic rings. The van der Waals surface area contributed by atoms with Crippen molar-refractivity contribution in [2.45, 2.75) is 12.8 Å². The molecule has 0 radical (unpaired) electrons. The van der Waals surface area contributed by atoms with Gasteiger partial charge >= 0.3 is 0 Å². The van der Waals surface area contributed by atoms with Gasteiger partial charge in [-0.1, -0.05) is 23.7 Å². The summed E-state index contributed by atoms with van der Waals surface area (Å²) >= 11 is 5.90. The predicted molar refractivity (Wildman–Crippen MR) is 79.2 cm³/mol. The molecular weight excluding hydrogens is 276 g/mol. The van der Waals surface area contributed by atoms with E-state index in [4.69, 9.17) is 16.3 Å². The van der Waals surface area contributed by atoms with E-state index in [2.05, 4.69) is 10.3 Å². The zero-order valence-electron chi connectivity index (χ0n) is 11.1. The number of rotatable bonds is 5. The molecule has 0 fully saturated rings. The van der Waals surface area contributed by atoms with Crippen molar-refractivity contribution in [2.24, 2.45) is 0 Å². The van der Waals surface area contributed by atoms with E-state index < -0.39 is 0 Å². The quantitative estimate of drug-likeness (QED) is 0.919. The first kappa shape index (κ1) is 14.3. The van der Waals surface area contributed by atoms with Crippen molar-refractivity contribution in [3.63, 3.8) is 0 Å². The largest absolute Gasteiger partial charge is 0.481 e. The Hall–Kier alpha value is -2.07. The lowest BCUT2D eigenvalue weighted by Gasteiger charge is -2.06. The molecule has 0 bridgehead atoms. The summed E-state index contributed by atoms with van der Waals surface area (Å²) in [6.07, 6.45) is 2.61. The number of nitrogens with one attached hydrogen (secondary N) is 1.